The van der Waals surface area contributed by atoms with E-state index in [1.807, 2.05) is 59.5 Å². The largest absolute Gasteiger partial charge is 0.325 e. The minimum absolute atomic E-state index is 0.00317. The summed E-state index contributed by atoms with van der Waals surface area (Å²) in [6.07, 6.45) is 12.5. The molecule has 2 heterocycles. The smallest absolute Gasteiger partial charge is 0.277 e. The van der Waals surface area contributed by atoms with Gasteiger partial charge >= 0.3 is 0 Å². The molecule has 5 heteroatoms. The van der Waals surface area contributed by atoms with E-state index < -0.39 is 0 Å². The Morgan fingerprint density at radius 3 is 2.68 bits per heavy atom. The van der Waals surface area contributed by atoms with E-state index in [-0.39, 0.29) is 17.7 Å². The third-order valence-corrected chi connectivity index (χ3v) is 5.51. The van der Waals surface area contributed by atoms with Crippen LogP contribution in [-0.4, -0.2) is 22.1 Å². The summed E-state index contributed by atoms with van der Waals surface area (Å²) in [5, 5.41) is 2.97. The summed E-state index contributed by atoms with van der Waals surface area (Å²) >= 11 is 0. The van der Waals surface area contributed by atoms with Gasteiger partial charge in [0.05, 0.1) is 5.71 Å². The SMILES string of the molecule is O=C1NC2=CC(=NC(=O)c3ccc(-n4cccc4)cc3)C=CC2C2=C1CCC2. The summed E-state index contributed by atoms with van der Waals surface area (Å²) in [7, 11) is 0. The number of hydrogen-bond acceptors (Lipinski definition) is 2. The van der Waals surface area contributed by atoms with Gasteiger partial charge in [0.15, 0.2) is 0 Å². The molecule has 1 N–H and O–H groups in total. The molecule has 2 aromatic rings. The zero-order chi connectivity index (χ0) is 19.1. The van der Waals surface area contributed by atoms with Crippen LogP contribution < -0.4 is 5.32 Å². The molecule has 0 saturated carbocycles. The second-order valence-corrected chi connectivity index (χ2v) is 7.23. The highest BCUT2D eigenvalue weighted by Crippen LogP contribution is 2.39. The van der Waals surface area contributed by atoms with Gasteiger partial charge in [-0.25, -0.2) is 4.99 Å². The van der Waals surface area contributed by atoms with E-state index in [1.165, 1.54) is 5.57 Å². The fourth-order valence-electron chi connectivity index (χ4n) is 4.12. The second-order valence-electron chi connectivity index (χ2n) is 7.23. The van der Waals surface area contributed by atoms with Gasteiger partial charge in [0.1, 0.15) is 0 Å². The standard InChI is InChI=1S/C23H19N3O2/c27-22(15-6-9-17(10-7-15)26-12-1-2-13-26)24-16-8-11-19-18-4-3-5-20(18)23(28)25-21(19)14-16/h1-2,6-14,19H,3-5H2,(H,25,28). The van der Waals surface area contributed by atoms with E-state index in [9.17, 15) is 9.59 Å². The quantitative estimate of drug-likeness (QED) is 0.876. The number of nitrogens with one attached hydrogen (secondary N) is 1. The first-order valence-electron chi connectivity index (χ1n) is 9.48. The molecule has 138 valence electrons. The van der Waals surface area contributed by atoms with E-state index in [0.717, 1.165) is 36.2 Å². The summed E-state index contributed by atoms with van der Waals surface area (Å²) in [5.74, 6) is -0.182. The van der Waals surface area contributed by atoms with Crippen molar-refractivity contribution in [2.75, 3.05) is 0 Å². The lowest BCUT2D eigenvalue weighted by molar-refractivity contribution is -0.117. The monoisotopic (exact) mass is 369 g/mol. The summed E-state index contributed by atoms with van der Waals surface area (Å²) < 4.78 is 1.98. The average molecular weight is 369 g/mol. The van der Waals surface area contributed by atoms with Gasteiger partial charge < -0.3 is 9.88 Å². The molecule has 5 nitrogen and oxygen atoms in total. The number of amides is 2. The van der Waals surface area contributed by atoms with Crippen molar-refractivity contribution >= 4 is 17.5 Å². The number of aromatic nitrogens is 1. The summed E-state index contributed by atoms with van der Waals surface area (Å²) in [5.41, 5.74) is 5.06. The minimum Gasteiger partial charge on any atom is -0.325 e. The van der Waals surface area contributed by atoms with Gasteiger partial charge in [-0.15, -0.1) is 0 Å². The number of carbonyl (C=O) groups excluding carboxylic acids is 2. The van der Waals surface area contributed by atoms with Gasteiger partial charge in [0.25, 0.3) is 11.8 Å². The van der Waals surface area contributed by atoms with Crippen LogP contribution >= 0.6 is 0 Å². The van der Waals surface area contributed by atoms with Gasteiger partial charge in [-0.1, -0.05) is 6.08 Å². The first-order valence-corrected chi connectivity index (χ1v) is 9.48. The molecule has 3 aliphatic rings. The van der Waals surface area contributed by atoms with Crippen molar-refractivity contribution in [1.29, 1.82) is 0 Å². The van der Waals surface area contributed by atoms with E-state index in [1.54, 1.807) is 12.1 Å². The molecular formula is C23H19N3O2. The molecule has 0 bridgehead atoms. The molecule has 0 radical (unpaired) electrons. The lowest BCUT2D eigenvalue weighted by Gasteiger charge is -2.28. The molecule has 1 atom stereocenters. The first-order chi connectivity index (χ1) is 13.7. The molecule has 0 spiro atoms. The molecule has 1 unspecified atom stereocenters. The molecule has 5 rings (SSSR count). The molecule has 1 aromatic carbocycles. The third kappa shape index (κ3) is 2.85. The lowest BCUT2D eigenvalue weighted by atomic mass is 9.85. The third-order valence-electron chi connectivity index (χ3n) is 5.51. The van der Waals surface area contributed by atoms with Crippen molar-refractivity contribution in [3.63, 3.8) is 0 Å². The van der Waals surface area contributed by atoms with Crippen LogP contribution in [-0.2, 0) is 4.79 Å². The number of rotatable bonds is 2. The van der Waals surface area contributed by atoms with Crippen LogP contribution in [0.5, 0.6) is 0 Å². The van der Waals surface area contributed by atoms with Gasteiger partial charge in [-0.05, 0) is 73.4 Å². The highest BCUT2D eigenvalue weighted by molar-refractivity contribution is 6.14. The molecular weight excluding hydrogens is 350 g/mol. The van der Waals surface area contributed by atoms with Crippen LogP contribution in [0.4, 0.5) is 0 Å². The lowest BCUT2D eigenvalue weighted by Crippen LogP contribution is -2.35. The maximum Gasteiger partial charge on any atom is 0.277 e. The van der Waals surface area contributed by atoms with Gasteiger partial charge in [0.2, 0.25) is 0 Å². The normalized spacial score (nSPS) is 22.0. The number of fused-ring (bicyclic) bond motifs is 2. The van der Waals surface area contributed by atoms with E-state index >= 15 is 0 Å². The van der Waals surface area contributed by atoms with Crippen molar-refractivity contribution in [1.82, 2.24) is 9.88 Å². The van der Waals surface area contributed by atoms with Crippen molar-refractivity contribution in [2.45, 2.75) is 19.3 Å². The fourth-order valence-corrected chi connectivity index (χ4v) is 4.12. The van der Waals surface area contributed by atoms with E-state index in [4.69, 9.17) is 0 Å². The van der Waals surface area contributed by atoms with Gasteiger partial charge in [-0.2, -0.15) is 0 Å². The van der Waals surface area contributed by atoms with Crippen molar-refractivity contribution in [3.05, 3.63) is 89.4 Å². The van der Waals surface area contributed by atoms with Crippen LogP contribution in [0, 0.1) is 5.92 Å². The Bertz CT molecular complexity index is 1080. The van der Waals surface area contributed by atoms with Crippen LogP contribution in [0.1, 0.15) is 29.6 Å². The second kappa shape index (κ2) is 6.60. The van der Waals surface area contributed by atoms with Crippen molar-refractivity contribution < 1.29 is 9.59 Å². The van der Waals surface area contributed by atoms with E-state index in [0.29, 0.717) is 11.3 Å². The van der Waals surface area contributed by atoms with Crippen LogP contribution in [0.2, 0.25) is 0 Å². The summed E-state index contributed by atoms with van der Waals surface area (Å²) in [4.78, 5) is 29.1. The van der Waals surface area contributed by atoms with Crippen LogP contribution in [0.25, 0.3) is 5.69 Å². The molecule has 2 aliphatic carbocycles. The Balaban J connectivity index is 1.38. The minimum atomic E-state index is -0.295. The Morgan fingerprint density at radius 1 is 1.11 bits per heavy atom. The zero-order valence-corrected chi connectivity index (χ0v) is 15.3. The maximum absolute atomic E-state index is 12.6. The molecule has 0 saturated heterocycles. The number of aliphatic imine (C=N–C) groups is 1. The molecule has 1 aromatic heterocycles. The van der Waals surface area contributed by atoms with E-state index in [2.05, 4.69) is 10.3 Å². The maximum atomic E-state index is 12.6. The molecule has 0 fully saturated rings. The zero-order valence-electron chi connectivity index (χ0n) is 15.3. The number of nitrogens with zero attached hydrogens (tertiary/aromatic N) is 2. The molecule has 28 heavy (non-hydrogen) atoms. The topological polar surface area (TPSA) is 63.5 Å². The predicted octanol–water partition coefficient (Wildman–Crippen LogP) is 3.74. The summed E-state index contributed by atoms with van der Waals surface area (Å²) in [6.45, 7) is 0. The number of benzene rings is 1. The Labute approximate surface area is 162 Å². The average Bonchev–Trinajstić information content (AvgIpc) is 3.40. The Kier molecular flexibility index (Phi) is 3.93. The van der Waals surface area contributed by atoms with Crippen molar-refractivity contribution in [2.24, 2.45) is 10.9 Å². The number of carbonyl (C=O) groups is 2. The first kappa shape index (κ1) is 16.7. The van der Waals surface area contributed by atoms with Gasteiger partial charge in [0, 0.05) is 40.8 Å². The fraction of sp³-hybridized carbons (Fsp3) is 0.174. The molecule has 2 amide bonds. The van der Waals surface area contributed by atoms with Gasteiger partial charge in [-0.3, -0.25) is 9.59 Å². The Morgan fingerprint density at radius 2 is 1.89 bits per heavy atom. The van der Waals surface area contributed by atoms with Crippen LogP contribution in [0.3, 0.4) is 0 Å². The van der Waals surface area contributed by atoms with Crippen molar-refractivity contribution in [3.8, 4) is 5.69 Å². The predicted molar refractivity (Wildman–Crippen MR) is 107 cm³/mol. The summed E-state index contributed by atoms with van der Waals surface area (Å²) in [6, 6.07) is 11.3. The van der Waals surface area contributed by atoms with Crippen LogP contribution in [0.15, 0.2) is 88.9 Å². The molecule has 1 aliphatic heterocycles. The Hall–Kier alpha value is -3.47. The number of hydrogen-bond donors (Lipinski definition) is 1. The highest BCUT2D eigenvalue weighted by Gasteiger charge is 2.34. The highest BCUT2D eigenvalue weighted by atomic mass is 16.2. The number of allylic oxidation sites excluding steroid dienone is 3.